The summed E-state index contributed by atoms with van der Waals surface area (Å²) in [5.74, 6) is 1.29. The molecule has 0 spiro atoms. The zero-order valence-electron chi connectivity index (χ0n) is 17.5. The van der Waals surface area contributed by atoms with E-state index in [9.17, 15) is 13.2 Å². The second-order valence-electron chi connectivity index (χ2n) is 7.27. The number of ether oxygens (including phenoxy) is 1. The Kier molecular flexibility index (Phi) is 5.79. The Morgan fingerprint density at radius 3 is 2.22 bits per heavy atom. The molecular formula is C24H21N3O4S. The molecule has 0 atom stereocenters. The normalized spacial score (nSPS) is 11.2. The summed E-state index contributed by atoms with van der Waals surface area (Å²) in [5, 5.41) is 6.37. The molecule has 0 fully saturated rings. The van der Waals surface area contributed by atoms with Crippen LogP contribution in [0.4, 0.5) is 5.69 Å². The maximum Gasteiger partial charge on any atom is 0.264 e. The van der Waals surface area contributed by atoms with Crippen molar-refractivity contribution in [2.24, 2.45) is 0 Å². The number of benzene rings is 3. The number of H-pyrrole nitrogens is 1. The lowest BCUT2D eigenvalue weighted by Crippen LogP contribution is -2.15. The van der Waals surface area contributed by atoms with Gasteiger partial charge in [-0.05, 0) is 79.6 Å². The maximum atomic E-state index is 13.2. The molecule has 3 aromatic carbocycles. The topological polar surface area (TPSA) is 101 Å². The van der Waals surface area contributed by atoms with E-state index in [-0.39, 0.29) is 10.5 Å². The molecule has 0 aliphatic heterocycles. The second-order valence-corrected chi connectivity index (χ2v) is 8.92. The van der Waals surface area contributed by atoms with Crippen LogP contribution >= 0.6 is 0 Å². The zero-order valence-corrected chi connectivity index (χ0v) is 18.3. The molecule has 4 rings (SSSR count). The van der Waals surface area contributed by atoms with Crippen molar-refractivity contribution in [1.82, 2.24) is 10.2 Å². The summed E-state index contributed by atoms with van der Waals surface area (Å²) in [7, 11) is -3.87. The molecule has 0 saturated heterocycles. The van der Waals surface area contributed by atoms with Crippen molar-refractivity contribution >= 4 is 15.7 Å². The van der Waals surface area contributed by atoms with E-state index in [4.69, 9.17) is 4.74 Å². The molecule has 1 aromatic heterocycles. The number of hydrogen-bond donors (Lipinski definition) is 2. The smallest absolute Gasteiger partial charge is 0.264 e. The number of para-hydroxylation sites is 1. The van der Waals surface area contributed by atoms with Gasteiger partial charge in [0.2, 0.25) is 0 Å². The van der Waals surface area contributed by atoms with E-state index in [2.05, 4.69) is 14.9 Å². The molecule has 0 saturated carbocycles. The zero-order chi connectivity index (χ0) is 22.7. The van der Waals surface area contributed by atoms with Crippen LogP contribution in [-0.2, 0) is 10.0 Å². The highest BCUT2D eigenvalue weighted by Crippen LogP contribution is 2.29. The summed E-state index contributed by atoms with van der Waals surface area (Å²) >= 11 is 0. The predicted molar refractivity (Wildman–Crippen MR) is 124 cm³/mol. The van der Waals surface area contributed by atoms with Crippen molar-refractivity contribution in [3.05, 3.63) is 100 Å². The number of nitrogens with zero attached hydrogens (tertiary/aromatic N) is 1. The van der Waals surface area contributed by atoms with Crippen molar-refractivity contribution in [2.75, 3.05) is 4.72 Å². The number of aryl methyl sites for hydroxylation is 1. The van der Waals surface area contributed by atoms with Gasteiger partial charge in [0.25, 0.3) is 15.6 Å². The van der Waals surface area contributed by atoms with Gasteiger partial charge in [-0.25, -0.2) is 13.5 Å². The fraction of sp³-hybridized carbons (Fsp3) is 0.0833. The molecule has 0 radical (unpaired) electrons. The summed E-state index contributed by atoms with van der Waals surface area (Å²) in [6.45, 7) is 3.59. The lowest BCUT2D eigenvalue weighted by molar-refractivity contribution is 0.483. The Hall–Kier alpha value is -3.91. The van der Waals surface area contributed by atoms with Crippen molar-refractivity contribution in [3.63, 3.8) is 0 Å². The van der Waals surface area contributed by atoms with Crippen LogP contribution in [0.3, 0.4) is 0 Å². The van der Waals surface area contributed by atoms with Crippen LogP contribution in [0.1, 0.15) is 11.1 Å². The second kappa shape index (κ2) is 8.68. The van der Waals surface area contributed by atoms with Crippen molar-refractivity contribution < 1.29 is 13.2 Å². The lowest BCUT2D eigenvalue weighted by Gasteiger charge is -2.14. The van der Waals surface area contributed by atoms with E-state index in [1.807, 2.05) is 43.3 Å². The molecule has 162 valence electrons. The fourth-order valence-electron chi connectivity index (χ4n) is 3.19. The van der Waals surface area contributed by atoms with E-state index < -0.39 is 10.0 Å². The first-order chi connectivity index (χ1) is 15.3. The molecular weight excluding hydrogens is 426 g/mol. The average Bonchev–Trinajstić information content (AvgIpc) is 2.78. The van der Waals surface area contributed by atoms with Gasteiger partial charge in [0.1, 0.15) is 11.5 Å². The fourth-order valence-corrected chi connectivity index (χ4v) is 4.59. The molecule has 1 heterocycles. The third kappa shape index (κ3) is 4.70. The van der Waals surface area contributed by atoms with Crippen LogP contribution in [-0.4, -0.2) is 18.6 Å². The van der Waals surface area contributed by atoms with Crippen molar-refractivity contribution in [3.8, 4) is 22.8 Å². The van der Waals surface area contributed by atoms with Crippen LogP contribution in [0.15, 0.2) is 88.6 Å². The Morgan fingerprint density at radius 2 is 1.56 bits per heavy atom. The Morgan fingerprint density at radius 1 is 0.875 bits per heavy atom. The highest BCUT2D eigenvalue weighted by Gasteiger charge is 2.20. The quantitative estimate of drug-likeness (QED) is 0.448. The van der Waals surface area contributed by atoms with Gasteiger partial charge in [0.05, 0.1) is 10.6 Å². The number of hydrogen-bond acceptors (Lipinski definition) is 5. The summed E-state index contributed by atoms with van der Waals surface area (Å²) in [4.78, 5) is 11.4. The van der Waals surface area contributed by atoms with E-state index in [0.29, 0.717) is 34.0 Å². The van der Waals surface area contributed by atoms with Crippen LogP contribution in [0.25, 0.3) is 11.3 Å². The first-order valence-corrected chi connectivity index (χ1v) is 11.3. The molecule has 32 heavy (non-hydrogen) atoms. The van der Waals surface area contributed by atoms with Crippen LogP contribution in [0.2, 0.25) is 0 Å². The lowest BCUT2D eigenvalue weighted by atomic mass is 10.0. The predicted octanol–water partition coefficient (Wildman–Crippen LogP) is 4.65. The van der Waals surface area contributed by atoms with Gasteiger partial charge in [0, 0.05) is 17.3 Å². The molecule has 8 heteroatoms. The standard InChI is InChI=1S/C24H21N3O4S/c1-16-14-18(22-12-13-24(28)26-25-22)15-23(17(16)2)32(29,30)27-19-8-10-21(11-9-19)31-20-6-4-3-5-7-20/h3-15,27H,1-2H3,(H,26,28). The first-order valence-electron chi connectivity index (χ1n) is 9.85. The Labute approximate surface area is 185 Å². The molecule has 0 aliphatic carbocycles. The minimum atomic E-state index is -3.87. The van der Waals surface area contributed by atoms with Gasteiger partial charge < -0.3 is 4.74 Å². The largest absolute Gasteiger partial charge is 0.457 e. The van der Waals surface area contributed by atoms with E-state index in [0.717, 1.165) is 5.56 Å². The molecule has 0 unspecified atom stereocenters. The minimum Gasteiger partial charge on any atom is -0.457 e. The van der Waals surface area contributed by atoms with Gasteiger partial charge in [-0.1, -0.05) is 18.2 Å². The monoisotopic (exact) mass is 447 g/mol. The van der Waals surface area contributed by atoms with Gasteiger partial charge in [-0.15, -0.1) is 0 Å². The molecule has 2 N–H and O–H groups in total. The van der Waals surface area contributed by atoms with Crippen LogP contribution in [0, 0.1) is 13.8 Å². The summed E-state index contributed by atoms with van der Waals surface area (Å²) in [6, 6.07) is 22.3. The van der Waals surface area contributed by atoms with Crippen LogP contribution in [0.5, 0.6) is 11.5 Å². The molecule has 4 aromatic rings. The van der Waals surface area contributed by atoms with E-state index in [1.54, 1.807) is 43.3 Å². The summed E-state index contributed by atoms with van der Waals surface area (Å²) < 4.78 is 34.7. The van der Waals surface area contributed by atoms with E-state index >= 15 is 0 Å². The Bertz CT molecular complexity index is 1390. The van der Waals surface area contributed by atoms with Crippen LogP contribution < -0.4 is 15.0 Å². The van der Waals surface area contributed by atoms with Crippen molar-refractivity contribution in [1.29, 1.82) is 0 Å². The number of rotatable bonds is 6. The highest BCUT2D eigenvalue weighted by molar-refractivity contribution is 7.92. The number of anilines is 1. The minimum absolute atomic E-state index is 0.144. The SMILES string of the molecule is Cc1cc(-c2ccc(=O)[nH]n2)cc(S(=O)(=O)Nc2ccc(Oc3ccccc3)cc2)c1C. The average molecular weight is 448 g/mol. The van der Waals surface area contributed by atoms with Gasteiger partial charge >= 0.3 is 0 Å². The number of sulfonamides is 1. The third-order valence-electron chi connectivity index (χ3n) is 4.97. The van der Waals surface area contributed by atoms with Crippen molar-refractivity contribution in [2.45, 2.75) is 18.7 Å². The maximum absolute atomic E-state index is 13.2. The summed E-state index contributed by atoms with van der Waals surface area (Å²) in [6.07, 6.45) is 0. The first kappa shape index (κ1) is 21.3. The number of aromatic nitrogens is 2. The van der Waals surface area contributed by atoms with Gasteiger partial charge in [-0.3, -0.25) is 9.52 Å². The van der Waals surface area contributed by atoms with Gasteiger partial charge in [-0.2, -0.15) is 5.10 Å². The molecule has 7 nitrogen and oxygen atoms in total. The summed E-state index contributed by atoms with van der Waals surface area (Å²) in [5.41, 5.74) is 2.59. The Balaban J connectivity index is 1.60. The number of nitrogens with one attached hydrogen (secondary N) is 2. The third-order valence-corrected chi connectivity index (χ3v) is 6.48. The van der Waals surface area contributed by atoms with E-state index in [1.165, 1.54) is 6.07 Å². The molecule has 0 amide bonds. The number of aromatic amines is 1. The highest BCUT2D eigenvalue weighted by atomic mass is 32.2. The molecule has 0 aliphatic rings. The molecule has 0 bridgehead atoms. The van der Waals surface area contributed by atoms with Gasteiger partial charge in [0.15, 0.2) is 0 Å².